The van der Waals surface area contributed by atoms with E-state index in [0.717, 1.165) is 5.56 Å². The number of rotatable bonds is 7. The average Bonchev–Trinajstić information content (AvgIpc) is 2.67. The molecular weight excluding hydrogens is 404 g/mol. The van der Waals surface area contributed by atoms with Crippen molar-refractivity contribution in [2.24, 2.45) is 0 Å². The topological polar surface area (TPSA) is 58.6 Å². The number of hydrogen-bond acceptors (Lipinski definition) is 3. The first-order chi connectivity index (χ1) is 13.4. The molecule has 0 saturated heterocycles. The Morgan fingerprint density at radius 3 is 2.61 bits per heavy atom. The molecule has 0 amide bonds. The molecule has 28 heavy (non-hydrogen) atoms. The number of nitrogens with one attached hydrogen (secondary N) is 1. The van der Waals surface area contributed by atoms with E-state index in [1.54, 1.807) is 18.2 Å². The highest BCUT2D eigenvalue weighted by Crippen LogP contribution is 2.23. The summed E-state index contributed by atoms with van der Waals surface area (Å²) >= 11 is 11.9. The molecule has 4 nitrogen and oxygen atoms in total. The zero-order valence-electron chi connectivity index (χ0n) is 14.6. The lowest BCUT2D eigenvalue weighted by molar-refractivity contribution is 0.0697. The number of halogens is 3. The molecule has 0 heterocycles. The lowest BCUT2D eigenvalue weighted by Gasteiger charge is -2.11. The van der Waals surface area contributed by atoms with Gasteiger partial charge in [0.15, 0.2) is 0 Å². The van der Waals surface area contributed by atoms with Crippen LogP contribution in [0.25, 0.3) is 0 Å². The highest BCUT2D eigenvalue weighted by molar-refractivity contribution is 6.33. The molecule has 0 saturated carbocycles. The minimum Gasteiger partial charge on any atom is -0.489 e. The third kappa shape index (κ3) is 5.15. The van der Waals surface area contributed by atoms with Crippen molar-refractivity contribution in [2.75, 3.05) is 5.32 Å². The maximum absolute atomic E-state index is 13.1. The SMILES string of the molecule is O=C(O)c1cc(NCc2cccc(OCc3ccc(F)cc3Cl)c2)ccc1Cl. The van der Waals surface area contributed by atoms with E-state index in [1.165, 1.54) is 18.2 Å². The number of carboxylic acids is 1. The zero-order valence-corrected chi connectivity index (χ0v) is 16.1. The summed E-state index contributed by atoms with van der Waals surface area (Å²) in [5.41, 5.74) is 2.31. The molecule has 7 heteroatoms. The first-order valence-corrected chi connectivity index (χ1v) is 9.10. The molecule has 2 N–H and O–H groups in total. The second-order valence-corrected chi connectivity index (χ2v) is 6.84. The monoisotopic (exact) mass is 419 g/mol. The van der Waals surface area contributed by atoms with Crippen molar-refractivity contribution in [1.82, 2.24) is 0 Å². The Morgan fingerprint density at radius 2 is 1.86 bits per heavy atom. The highest BCUT2D eigenvalue weighted by atomic mass is 35.5. The molecule has 144 valence electrons. The number of carbonyl (C=O) groups is 1. The predicted octanol–water partition coefficient (Wildman–Crippen LogP) is 6.02. The highest BCUT2D eigenvalue weighted by Gasteiger charge is 2.09. The van der Waals surface area contributed by atoms with Crippen LogP contribution in [0.4, 0.5) is 10.1 Å². The first kappa shape index (κ1) is 20.0. The minimum atomic E-state index is -1.08. The van der Waals surface area contributed by atoms with Crippen molar-refractivity contribution >= 4 is 34.9 Å². The lowest BCUT2D eigenvalue weighted by Crippen LogP contribution is -2.03. The van der Waals surface area contributed by atoms with Crippen LogP contribution in [0, 0.1) is 5.82 Å². The summed E-state index contributed by atoms with van der Waals surface area (Å²) in [4.78, 5) is 11.2. The van der Waals surface area contributed by atoms with E-state index in [0.29, 0.717) is 28.6 Å². The van der Waals surface area contributed by atoms with Gasteiger partial charge < -0.3 is 15.2 Å². The third-order valence-corrected chi connectivity index (χ3v) is 4.68. The summed E-state index contributed by atoms with van der Waals surface area (Å²) in [6, 6.07) is 16.3. The Balaban J connectivity index is 1.63. The van der Waals surface area contributed by atoms with Gasteiger partial charge in [0.2, 0.25) is 0 Å². The summed E-state index contributed by atoms with van der Waals surface area (Å²) in [7, 11) is 0. The number of aromatic carboxylic acids is 1. The minimum absolute atomic E-state index is 0.0416. The zero-order chi connectivity index (χ0) is 20.1. The molecule has 0 bridgehead atoms. The molecule has 3 aromatic carbocycles. The van der Waals surface area contributed by atoms with Crippen LogP contribution >= 0.6 is 23.2 Å². The Labute approximate surface area is 171 Å². The van der Waals surface area contributed by atoms with Gasteiger partial charge in [-0.3, -0.25) is 0 Å². The molecule has 0 aromatic heterocycles. The molecule has 0 unspecified atom stereocenters. The second-order valence-electron chi connectivity index (χ2n) is 6.03. The van der Waals surface area contributed by atoms with E-state index >= 15 is 0 Å². The van der Waals surface area contributed by atoms with E-state index in [-0.39, 0.29) is 17.2 Å². The number of hydrogen-bond donors (Lipinski definition) is 2. The normalized spacial score (nSPS) is 10.5. The van der Waals surface area contributed by atoms with Crippen LogP contribution in [0.1, 0.15) is 21.5 Å². The molecule has 0 aliphatic carbocycles. The number of anilines is 1. The fourth-order valence-electron chi connectivity index (χ4n) is 2.55. The van der Waals surface area contributed by atoms with Gasteiger partial charge in [0.25, 0.3) is 0 Å². The summed E-state index contributed by atoms with van der Waals surface area (Å²) in [5.74, 6) is -0.833. The van der Waals surface area contributed by atoms with E-state index in [2.05, 4.69) is 5.32 Å². The molecule has 0 atom stereocenters. The second kappa shape index (κ2) is 8.95. The summed E-state index contributed by atoms with van der Waals surface area (Å²) in [6.07, 6.45) is 0. The van der Waals surface area contributed by atoms with E-state index in [1.807, 2.05) is 24.3 Å². The average molecular weight is 420 g/mol. The molecule has 0 aliphatic rings. The largest absolute Gasteiger partial charge is 0.489 e. The molecule has 0 fully saturated rings. The fraction of sp³-hybridized carbons (Fsp3) is 0.0952. The van der Waals surface area contributed by atoms with Crippen LogP contribution in [-0.2, 0) is 13.2 Å². The maximum Gasteiger partial charge on any atom is 0.337 e. The van der Waals surface area contributed by atoms with Crippen LogP contribution in [-0.4, -0.2) is 11.1 Å². The van der Waals surface area contributed by atoms with Gasteiger partial charge in [-0.25, -0.2) is 9.18 Å². The quantitative estimate of drug-likeness (QED) is 0.491. The van der Waals surface area contributed by atoms with Gasteiger partial charge in [0.05, 0.1) is 15.6 Å². The van der Waals surface area contributed by atoms with Gasteiger partial charge in [-0.2, -0.15) is 0 Å². The molecule has 0 radical (unpaired) electrons. The summed E-state index contributed by atoms with van der Waals surface area (Å²) in [5, 5.41) is 12.8. The Morgan fingerprint density at radius 1 is 1.04 bits per heavy atom. The molecule has 0 aliphatic heterocycles. The van der Waals surface area contributed by atoms with Crippen LogP contribution < -0.4 is 10.1 Å². The maximum atomic E-state index is 13.1. The van der Waals surface area contributed by atoms with Crippen LogP contribution in [0.2, 0.25) is 10.0 Å². The fourth-order valence-corrected chi connectivity index (χ4v) is 2.97. The van der Waals surface area contributed by atoms with E-state index < -0.39 is 11.8 Å². The first-order valence-electron chi connectivity index (χ1n) is 8.35. The van der Waals surface area contributed by atoms with Crippen LogP contribution in [0.15, 0.2) is 60.7 Å². The number of ether oxygens (including phenoxy) is 1. The van der Waals surface area contributed by atoms with Gasteiger partial charge in [0, 0.05) is 17.8 Å². The van der Waals surface area contributed by atoms with E-state index in [4.69, 9.17) is 33.0 Å². The van der Waals surface area contributed by atoms with Gasteiger partial charge in [-0.15, -0.1) is 0 Å². The van der Waals surface area contributed by atoms with Gasteiger partial charge >= 0.3 is 5.97 Å². The van der Waals surface area contributed by atoms with Crippen molar-refractivity contribution in [2.45, 2.75) is 13.2 Å². The molecule has 3 aromatic rings. The van der Waals surface area contributed by atoms with Crippen LogP contribution in [0.5, 0.6) is 5.75 Å². The Kier molecular flexibility index (Phi) is 6.39. The molecular formula is C21H16Cl2FNO3. The van der Waals surface area contributed by atoms with Gasteiger partial charge in [-0.05, 0) is 48.0 Å². The lowest BCUT2D eigenvalue weighted by atomic mass is 10.1. The Bertz CT molecular complexity index is 1010. The number of carboxylic acid groups (broad SMARTS) is 1. The number of benzene rings is 3. The van der Waals surface area contributed by atoms with Gasteiger partial charge in [0.1, 0.15) is 18.2 Å². The Hall–Kier alpha value is -2.76. The summed E-state index contributed by atoms with van der Waals surface area (Å²) in [6.45, 7) is 0.685. The molecule has 3 rings (SSSR count). The van der Waals surface area contributed by atoms with E-state index in [9.17, 15) is 9.18 Å². The smallest absolute Gasteiger partial charge is 0.337 e. The molecule has 0 spiro atoms. The standard InChI is InChI=1S/C21H16Cl2FNO3/c22-19-7-6-16(10-18(19)21(26)27)25-11-13-2-1-3-17(8-13)28-12-14-4-5-15(24)9-20(14)23/h1-10,25H,11-12H2,(H,26,27). The summed E-state index contributed by atoms with van der Waals surface area (Å²) < 4.78 is 18.8. The third-order valence-electron chi connectivity index (χ3n) is 4.00. The van der Waals surface area contributed by atoms with Crippen molar-refractivity contribution in [3.63, 3.8) is 0 Å². The van der Waals surface area contributed by atoms with Crippen molar-refractivity contribution in [3.05, 3.63) is 93.2 Å². The predicted molar refractivity (Wildman–Crippen MR) is 108 cm³/mol. The van der Waals surface area contributed by atoms with Crippen LogP contribution in [0.3, 0.4) is 0 Å². The van der Waals surface area contributed by atoms with Crippen molar-refractivity contribution in [3.8, 4) is 5.75 Å². The van der Waals surface area contributed by atoms with Crippen molar-refractivity contribution < 1.29 is 19.0 Å². The van der Waals surface area contributed by atoms with Gasteiger partial charge in [-0.1, -0.05) is 41.4 Å². The van der Waals surface area contributed by atoms with Crippen molar-refractivity contribution in [1.29, 1.82) is 0 Å².